The maximum Gasteiger partial charge on any atom is 0.276 e. The molecule has 0 unspecified atom stereocenters. The van der Waals surface area contributed by atoms with Crippen molar-refractivity contribution in [2.45, 2.75) is 32.2 Å². The minimum Gasteiger partial charge on any atom is -0.504 e. The van der Waals surface area contributed by atoms with Crippen LogP contribution in [0.1, 0.15) is 36.8 Å². The number of carbonyl (C=O) groups excluding carboxylic acids is 1. The van der Waals surface area contributed by atoms with E-state index < -0.39 is 0 Å². The van der Waals surface area contributed by atoms with Crippen LogP contribution in [0.3, 0.4) is 0 Å². The molecule has 1 aliphatic carbocycles. The fourth-order valence-corrected chi connectivity index (χ4v) is 2.93. The minimum absolute atomic E-state index is 0.0817. The Morgan fingerprint density at radius 1 is 1.29 bits per heavy atom. The molecule has 0 aromatic heterocycles. The van der Waals surface area contributed by atoms with Gasteiger partial charge < -0.3 is 15.3 Å². The molecule has 1 aliphatic heterocycles. The molecule has 0 atom stereocenters. The third-order valence-corrected chi connectivity index (χ3v) is 4.14. The third-order valence-electron chi connectivity index (χ3n) is 4.14. The first-order valence-electron chi connectivity index (χ1n) is 7.44. The van der Waals surface area contributed by atoms with E-state index in [1.165, 1.54) is 31.8 Å². The first-order chi connectivity index (χ1) is 10.2. The smallest absolute Gasteiger partial charge is 0.276 e. The zero-order chi connectivity index (χ0) is 14.7. The highest BCUT2D eigenvalue weighted by Gasteiger charge is 2.18. The number of carbonyl (C=O) groups is 1. The van der Waals surface area contributed by atoms with Gasteiger partial charge in [-0.3, -0.25) is 4.79 Å². The number of rotatable bonds is 4. The Hall–Kier alpha value is -2.01. The molecule has 3 N–H and O–H groups in total. The van der Waals surface area contributed by atoms with Crippen LogP contribution in [-0.2, 0) is 11.3 Å². The molecule has 0 bridgehead atoms. The Balaban J connectivity index is 1.67. The molecule has 1 amide bonds. The lowest BCUT2D eigenvalue weighted by Crippen LogP contribution is -2.24. The van der Waals surface area contributed by atoms with Crippen molar-refractivity contribution < 1.29 is 14.7 Å². The van der Waals surface area contributed by atoms with E-state index in [-0.39, 0.29) is 11.7 Å². The second kappa shape index (κ2) is 6.18. The van der Waals surface area contributed by atoms with Gasteiger partial charge in [0.25, 0.3) is 5.91 Å². The molecule has 112 valence electrons. The minimum atomic E-state index is -0.341. The van der Waals surface area contributed by atoms with Gasteiger partial charge in [-0.25, -0.2) is 0 Å². The summed E-state index contributed by atoms with van der Waals surface area (Å²) in [5, 5.41) is 13.7. The molecule has 1 aromatic carbocycles. The number of aromatic hydroxyl groups is 1. The maximum absolute atomic E-state index is 11.2. The number of hydrogen-bond acceptors (Lipinski definition) is 4. The average molecular weight is 288 g/mol. The van der Waals surface area contributed by atoms with Crippen molar-refractivity contribution >= 4 is 12.0 Å². The van der Waals surface area contributed by atoms with E-state index in [9.17, 15) is 9.90 Å². The van der Waals surface area contributed by atoms with Gasteiger partial charge in [-0.05, 0) is 31.4 Å². The van der Waals surface area contributed by atoms with Crippen LogP contribution in [0.25, 0.3) is 6.08 Å². The van der Waals surface area contributed by atoms with E-state index in [2.05, 4.69) is 10.8 Å². The molecule has 0 saturated heterocycles. The number of hydrogen-bond donors (Lipinski definition) is 3. The summed E-state index contributed by atoms with van der Waals surface area (Å²) in [6.45, 7) is 1.57. The van der Waals surface area contributed by atoms with Gasteiger partial charge in [0.1, 0.15) is 0 Å². The molecular formula is C16H20N2O3. The standard InChI is InChI=1S/C16H20N2O3/c19-14-8-7-12-5-6-13(15(20)16(12)21-18-14)10-17-9-11-3-1-2-4-11/h5-8,11,17,20H,1-4,9-10H2,(H,18,19). The summed E-state index contributed by atoms with van der Waals surface area (Å²) in [4.78, 5) is 16.4. The van der Waals surface area contributed by atoms with Crippen molar-refractivity contribution in [2.75, 3.05) is 6.54 Å². The molecule has 1 saturated carbocycles. The van der Waals surface area contributed by atoms with Crippen LogP contribution >= 0.6 is 0 Å². The Morgan fingerprint density at radius 3 is 2.90 bits per heavy atom. The largest absolute Gasteiger partial charge is 0.504 e. The molecule has 0 spiro atoms. The second-order valence-corrected chi connectivity index (χ2v) is 5.67. The summed E-state index contributed by atoms with van der Waals surface area (Å²) in [6, 6.07) is 3.71. The third kappa shape index (κ3) is 3.19. The number of phenols is 1. The highest BCUT2D eigenvalue weighted by atomic mass is 16.7. The van der Waals surface area contributed by atoms with Gasteiger partial charge >= 0.3 is 0 Å². The van der Waals surface area contributed by atoms with Gasteiger partial charge in [-0.15, -0.1) is 0 Å². The molecule has 5 heteroatoms. The van der Waals surface area contributed by atoms with Gasteiger partial charge in [0, 0.05) is 23.7 Å². The van der Waals surface area contributed by atoms with Gasteiger partial charge in [0.05, 0.1) is 0 Å². The van der Waals surface area contributed by atoms with E-state index >= 15 is 0 Å². The van der Waals surface area contributed by atoms with E-state index in [1.54, 1.807) is 6.08 Å². The van der Waals surface area contributed by atoms with Crippen molar-refractivity contribution in [3.63, 3.8) is 0 Å². The number of fused-ring (bicyclic) bond motifs is 1. The van der Waals surface area contributed by atoms with Gasteiger partial charge in [-0.2, -0.15) is 5.48 Å². The quantitative estimate of drug-likeness (QED) is 0.793. The normalized spacial score (nSPS) is 18.0. The summed E-state index contributed by atoms with van der Waals surface area (Å²) in [6.07, 6.45) is 8.26. The summed E-state index contributed by atoms with van der Waals surface area (Å²) < 4.78 is 0. The lowest BCUT2D eigenvalue weighted by molar-refractivity contribution is -0.122. The molecule has 1 aromatic rings. The van der Waals surface area contributed by atoms with Crippen molar-refractivity contribution in [3.05, 3.63) is 29.3 Å². The number of phenolic OH excluding ortho intramolecular Hbond substituents is 1. The van der Waals surface area contributed by atoms with Crippen molar-refractivity contribution in [2.24, 2.45) is 5.92 Å². The highest BCUT2D eigenvalue weighted by molar-refractivity contribution is 5.92. The summed E-state index contributed by atoms with van der Waals surface area (Å²) >= 11 is 0. The molecular weight excluding hydrogens is 268 g/mol. The van der Waals surface area contributed by atoms with E-state index in [4.69, 9.17) is 4.84 Å². The van der Waals surface area contributed by atoms with Crippen LogP contribution < -0.4 is 15.6 Å². The van der Waals surface area contributed by atoms with Crippen LogP contribution in [0.4, 0.5) is 0 Å². The van der Waals surface area contributed by atoms with Crippen LogP contribution in [-0.4, -0.2) is 17.6 Å². The Morgan fingerprint density at radius 2 is 2.10 bits per heavy atom. The summed E-state index contributed by atoms with van der Waals surface area (Å²) in [7, 11) is 0. The zero-order valence-corrected chi connectivity index (χ0v) is 11.9. The zero-order valence-electron chi connectivity index (χ0n) is 11.9. The van der Waals surface area contributed by atoms with Crippen molar-refractivity contribution in [1.82, 2.24) is 10.8 Å². The topological polar surface area (TPSA) is 70.6 Å². The van der Waals surface area contributed by atoms with Crippen LogP contribution in [0.15, 0.2) is 18.2 Å². The second-order valence-electron chi connectivity index (χ2n) is 5.67. The molecule has 21 heavy (non-hydrogen) atoms. The van der Waals surface area contributed by atoms with Crippen molar-refractivity contribution in [1.29, 1.82) is 0 Å². The monoisotopic (exact) mass is 288 g/mol. The number of benzene rings is 1. The van der Waals surface area contributed by atoms with Crippen molar-refractivity contribution in [3.8, 4) is 11.5 Å². The van der Waals surface area contributed by atoms with Gasteiger partial charge in [-0.1, -0.05) is 25.0 Å². The lowest BCUT2D eigenvalue weighted by atomic mass is 10.1. The first-order valence-corrected chi connectivity index (χ1v) is 7.44. The van der Waals surface area contributed by atoms with Crippen LogP contribution in [0, 0.1) is 5.92 Å². The fourth-order valence-electron chi connectivity index (χ4n) is 2.93. The van der Waals surface area contributed by atoms with Crippen LogP contribution in [0.2, 0.25) is 0 Å². The number of hydroxylamine groups is 1. The first kappa shape index (κ1) is 13.9. The molecule has 2 aliphatic rings. The molecule has 1 fully saturated rings. The van der Waals surface area contributed by atoms with E-state index in [0.717, 1.165) is 18.0 Å². The highest BCUT2D eigenvalue weighted by Crippen LogP contribution is 2.35. The maximum atomic E-state index is 11.2. The fraction of sp³-hybridized carbons (Fsp3) is 0.438. The SMILES string of the molecule is O=C1C=Cc2ccc(CNCC3CCCC3)c(O)c2ON1. The van der Waals surface area contributed by atoms with E-state index in [1.807, 2.05) is 12.1 Å². The Labute approximate surface area is 124 Å². The van der Waals surface area contributed by atoms with Gasteiger partial charge in [0.15, 0.2) is 5.75 Å². The summed E-state index contributed by atoms with van der Waals surface area (Å²) in [5.74, 6) is 0.800. The molecule has 1 heterocycles. The number of amides is 1. The summed E-state index contributed by atoms with van der Waals surface area (Å²) in [5.41, 5.74) is 3.72. The molecule has 0 radical (unpaired) electrons. The van der Waals surface area contributed by atoms with E-state index in [0.29, 0.717) is 17.9 Å². The van der Waals surface area contributed by atoms with Crippen LogP contribution in [0.5, 0.6) is 11.5 Å². The molecule has 3 rings (SSSR count). The predicted molar refractivity (Wildman–Crippen MR) is 79.6 cm³/mol. The van der Waals surface area contributed by atoms with Gasteiger partial charge in [0.2, 0.25) is 5.75 Å². The number of nitrogens with one attached hydrogen (secondary N) is 2. The lowest BCUT2D eigenvalue weighted by Gasteiger charge is -2.14. The Kier molecular flexibility index (Phi) is 4.10. The average Bonchev–Trinajstić information content (AvgIpc) is 2.92. The Bertz CT molecular complexity index is 563. The predicted octanol–water partition coefficient (Wildman–Crippen LogP) is 2.11. The molecule has 5 nitrogen and oxygen atoms in total.